The Hall–Kier alpha value is -2.60. The van der Waals surface area contributed by atoms with E-state index in [1.807, 2.05) is 25.1 Å². The lowest BCUT2D eigenvalue weighted by atomic mass is 9.61. The molecule has 2 saturated heterocycles. The van der Waals surface area contributed by atoms with Crippen LogP contribution in [0.5, 0.6) is 5.75 Å². The molecule has 32 heavy (non-hydrogen) atoms. The van der Waals surface area contributed by atoms with Crippen LogP contribution in [0.4, 0.5) is 5.69 Å². The maximum atomic E-state index is 12.9. The van der Waals surface area contributed by atoms with Crippen LogP contribution in [0.3, 0.4) is 0 Å². The van der Waals surface area contributed by atoms with E-state index in [-0.39, 0.29) is 35.1 Å². The highest BCUT2D eigenvalue weighted by Crippen LogP contribution is 2.53. The number of allylic oxidation sites excluding steroid dienone is 3. The minimum Gasteiger partial charge on any atom is -0.497 e. The first-order valence-corrected chi connectivity index (χ1v) is 11.7. The van der Waals surface area contributed by atoms with Crippen LogP contribution in [0.25, 0.3) is 0 Å². The summed E-state index contributed by atoms with van der Waals surface area (Å²) < 4.78 is 11.2. The second-order valence-corrected chi connectivity index (χ2v) is 9.81. The SMILES string of the molecule is COc1ccc(N2CCN(CC3C(=O)O[C@@H]4C5=C(C)C(=O)C=C[C@]5(C)CC[C@@H]34)CC2)cc1. The van der Waals surface area contributed by atoms with E-state index >= 15 is 0 Å². The number of esters is 1. The summed E-state index contributed by atoms with van der Waals surface area (Å²) in [6, 6.07) is 8.19. The molecule has 1 unspecified atom stereocenters. The van der Waals surface area contributed by atoms with Gasteiger partial charge in [-0.15, -0.1) is 0 Å². The van der Waals surface area contributed by atoms with Gasteiger partial charge in [-0.05, 0) is 55.7 Å². The van der Waals surface area contributed by atoms with Gasteiger partial charge in [0.1, 0.15) is 11.9 Å². The maximum absolute atomic E-state index is 12.9. The Morgan fingerprint density at radius 2 is 1.84 bits per heavy atom. The number of hydrogen-bond donors (Lipinski definition) is 0. The first-order valence-electron chi connectivity index (χ1n) is 11.7. The van der Waals surface area contributed by atoms with Crippen molar-refractivity contribution in [2.75, 3.05) is 44.7 Å². The van der Waals surface area contributed by atoms with Crippen molar-refractivity contribution in [3.05, 3.63) is 47.6 Å². The van der Waals surface area contributed by atoms with Crippen LogP contribution in [-0.2, 0) is 14.3 Å². The molecule has 4 atom stereocenters. The molecule has 0 spiro atoms. The Balaban J connectivity index is 1.25. The van der Waals surface area contributed by atoms with Gasteiger partial charge in [0, 0.05) is 55.3 Å². The molecule has 6 heteroatoms. The summed E-state index contributed by atoms with van der Waals surface area (Å²) >= 11 is 0. The smallest absolute Gasteiger partial charge is 0.311 e. The van der Waals surface area contributed by atoms with E-state index in [0.717, 1.165) is 62.5 Å². The quantitative estimate of drug-likeness (QED) is 0.676. The second-order valence-electron chi connectivity index (χ2n) is 9.81. The van der Waals surface area contributed by atoms with E-state index in [4.69, 9.17) is 9.47 Å². The fourth-order valence-corrected chi connectivity index (χ4v) is 6.04. The van der Waals surface area contributed by atoms with Crippen molar-refractivity contribution in [1.29, 1.82) is 0 Å². The molecule has 3 fully saturated rings. The molecule has 2 aliphatic heterocycles. The highest BCUT2D eigenvalue weighted by atomic mass is 16.6. The Labute approximate surface area is 189 Å². The molecule has 5 rings (SSSR count). The van der Waals surface area contributed by atoms with Crippen molar-refractivity contribution in [1.82, 2.24) is 4.90 Å². The zero-order valence-corrected chi connectivity index (χ0v) is 19.2. The van der Waals surface area contributed by atoms with Gasteiger partial charge in [0.05, 0.1) is 13.0 Å². The summed E-state index contributed by atoms with van der Waals surface area (Å²) in [6.07, 6.45) is 5.38. The molecular formula is C26H32N2O4. The summed E-state index contributed by atoms with van der Waals surface area (Å²) in [4.78, 5) is 30.0. The van der Waals surface area contributed by atoms with Crippen LogP contribution >= 0.6 is 0 Å². The molecule has 2 aliphatic carbocycles. The summed E-state index contributed by atoms with van der Waals surface area (Å²) in [6.45, 7) is 8.52. The van der Waals surface area contributed by atoms with E-state index in [2.05, 4.69) is 28.9 Å². The Bertz CT molecular complexity index is 974. The summed E-state index contributed by atoms with van der Waals surface area (Å²) in [7, 11) is 1.68. The molecule has 0 aromatic heterocycles. The zero-order valence-electron chi connectivity index (χ0n) is 19.2. The van der Waals surface area contributed by atoms with E-state index in [1.54, 1.807) is 13.2 Å². The standard InChI is InChI=1S/C26H32N2O4/c1-17-22(29)9-11-26(2)10-8-20-21(25(30)32-24(20)23(17)26)16-27-12-14-28(15-13-27)18-4-6-19(31-3)7-5-18/h4-7,9,11,20-21,24H,8,10,12-16H2,1-3H3/t20-,21?,24-,26-/m0/s1. The third-order valence-corrected chi connectivity index (χ3v) is 7.99. The predicted molar refractivity (Wildman–Crippen MR) is 123 cm³/mol. The molecule has 2 heterocycles. The third-order valence-electron chi connectivity index (χ3n) is 7.99. The van der Waals surface area contributed by atoms with Crippen LogP contribution in [0.1, 0.15) is 26.7 Å². The molecular weight excluding hydrogens is 404 g/mol. The lowest BCUT2D eigenvalue weighted by Gasteiger charge is -2.43. The van der Waals surface area contributed by atoms with Crippen molar-refractivity contribution >= 4 is 17.4 Å². The number of carbonyl (C=O) groups is 2. The molecule has 1 saturated carbocycles. The topological polar surface area (TPSA) is 59.1 Å². The van der Waals surface area contributed by atoms with Crippen LogP contribution in [0, 0.1) is 17.3 Å². The number of rotatable bonds is 4. The van der Waals surface area contributed by atoms with Crippen LogP contribution < -0.4 is 9.64 Å². The second kappa shape index (κ2) is 8.07. The predicted octanol–water partition coefficient (Wildman–Crippen LogP) is 3.23. The molecule has 170 valence electrons. The number of anilines is 1. The summed E-state index contributed by atoms with van der Waals surface area (Å²) in [5, 5.41) is 0. The average Bonchev–Trinajstić information content (AvgIpc) is 3.11. The highest BCUT2D eigenvalue weighted by Gasteiger charge is 2.54. The average molecular weight is 437 g/mol. The molecule has 0 N–H and O–H groups in total. The van der Waals surface area contributed by atoms with E-state index in [9.17, 15) is 9.59 Å². The normalized spacial score (nSPS) is 32.6. The van der Waals surface area contributed by atoms with Gasteiger partial charge in [-0.1, -0.05) is 13.0 Å². The lowest BCUT2D eigenvalue weighted by molar-refractivity contribution is -0.144. The Morgan fingerprint density at radius 3 is 2.53 bits per heavy atom. The fraction of sp³-hybridized carbons (Fsp3) is 0.538. The van der Waals surface area contributed by atoms with Crippen molar-refractivity contribution in [3.8, 4) is 5.75 Å². The monoisotopic (exact) mass is 436 g/mol. The Morgan fingerprint density at radius 1 is 1.12 bits per heavy atom. The van der Waals surface area contributed by atoms with Crippen molar-refractivity contribution in [2.24, 2.45) is 17.3 Å². The van der Waals surface area contributed by atoms with Gasteiger partial charge in [0.15, 0.2) is 5.78 Å². The molecule has 0 amide bonds. The van der Waals surface area contributed by atoms with Crippen molar-refractivity contribution < 1.29 is 19.1 Å². The molecule has 4 aliphatic rings. The number of carbonyl (C=O) groups excluding carboxylic acids is 2. The van der Waals surface area contributed by atoms with Gasteiger partial charge in [0.25, 0.3) is 0 Å². The first kappa shape index (κ1) is 21.3. The van der Waals surface area contributed by atoms with Crippen LogP contribution in [0.2, 0.25) is 0 Å². The van der Waals surface area contributed by atoms with E-state index in [1.165, 1.54) is 5.69 Å². The number of fused-ring (bicyclic) bond motifs is 3. The van der Waals surface area contributed by atoms with Crippen LogP contribution in [-0.4, -0.2) is 62.6 Å². The molecule has 1 aromatic carbocycles. The fourth-order valence-electron chi connectivity index (χ4n) is 6.04. The summed E-state index contributed by atoms with van der Waals surface area (Å²) in [5.74, 6) is 0.875. The number of hydrogen-bond acceptors (Lipinski definition) is 6. The largest absolute Gasteiger partial charge is 0.497 e. The third kappa shape index (κ3) is 3.54. The van der Waals surface area contributed by atoms with Crippen molar-refractivity contribution in [3.63, 3.8) is 0 Å². The lowest BCUT2D eigenvalue weighted by Crippen LogP contribution is -2.49. The number of ketones is 1. The molecule has 1 aromatic rings. The van der Waals surface area contributed by atoms with Crippen molar-refractivity contribution in [2.45, 2.75) is 32.8 Å². The number of piperazine rings is 1. The number of methoxy groups -OCH3 is 1. The van der Waals surface area contributed by atoms with Gasteiger partial charge in [-0.3, -0.25) is 14.5 Å². The maximum Gasteiger partial charge on any atom is 0.311 e. The first-order chi connectivity index (χ1) is 15.4. The minimum atomic E-state index is -0.249. The van der Waals surface area contributed by atoms with E-state index in [0.29, 0.717) is 0 Å². The number of ether oxygens (including phenoxy) is 2. The van der Waals surface area contributed by atoms with Gasteiger partial charge >= 0.3 is 5.97 Å². The van der Waals surface area contributed by atoms with Gasteiger partial charge in [-0.2, -0.15) is 0 Å². The molecule has 6 nitrogen and oxygen atoms in total. The van der Waals surface area contributed by atoms with Gasteiger partial charge in [-0.25, -0.2) is 0 Å². The van der Waals surface area contributed by atoms with Gasteiger partial charge < -0.3 is 14.4 Å². The molecule has 0 bridgehead atoms. The van der Waals surface area contributed by atoms with Gasteiger partial charge in [0.2, 0.25) is 0 Å². The minimum absolute atomic E-state index is 0.0484. The number of nitrogens with zero attached hydrogens (tertiary/aromatic N) is 2. The highest BCUT2D eigenvalue weighted by molar-refractivity contribution is 6.05. The Kier molecular flexibility index (Phi) is 5.36. The zero-order chi connectivity index (χ0) is 22.5. The summed E-state index contributed by atoms with van der Waals surface area (Å²) in [5.41, 5.74) is 2.85. The van der Waals surface area contributed by atoms with E-state index < -0.39 is 0 Å². The molecule has 0 radical (unpaired) electrons. The van der Waals surface area contributed by atoms with Crippen LogP contribution in [0.15, 0.2) is 47.6 Å². The number of benzene rings is 1.